The van der Waals surface area contributed by atoms with Crippen LogP contribution in [0.15, 0.2) is 54.6 Å². The van der Waals surface area contributed by atoms with E-state index in [4.69, 9.17) is 9.47 Å². The van der Waals surface area contributed by atoms with Crippen molar-refractivity contribution in [1.82, 2.24) is 19.6 Å². The summed E-state index contributed by atoms with van der Waals surface area (Å²) in [6.07, 6.45) is 0. The zero-order chi connectivity index (χ0) is 16.4. The van der Waals surface area contributed by atoms with E-state index in [2.05, 4.69) is 15.1 Å². The smallest absolute Gasteiger partial charge is 0.338 e. The Morgan fingerprint density at radius 1 is 0.917 bits per heavy atom. The zero-order valence-corrected chi connectivity index (χ0v) is 13.2. The molecule has 0 saturated carbocycles. The Labute approximate surface area is 138 Å². The second kappa shape index (κ2) is 6.16. The minimum Gasteiger partial charge on any atom is -0.477 e. The molecule has 2 heterocycles. The van der Waals surface area contributed by atoms with Gasteiger partial charge in [-0.15, -0.1) is 5.10 Å². The highest BCUT2D eigenvalue weighted by molar-refractivity contribution is 5.85. The van der Waals surface area contributed by atoms with E-state index in [0.29, 0.717) is 30.9 Å². The van der Waals surface area contributed by atoms with Crippen molar-refractivity contribution in [3.05, 3.63) is 60.2 Å². The number of nitrogens with zero attached hydrogens (tertiary/aromatic N) is 4. The molecule has 0 amide bonds. The zero-order valence-electron chi connectivity index (χ0n) is 13.2. The topological polar surface area (TPSA) is 61.5 Å². The van der Waals surface area contributed by atoms with Crippen molar-refractivity contribution in [1.29, 1.82) is 0 Å². The summed E-state index contributed by atoms with van der Waals surface area (Å²) in [6.45, 7) is 2.88. The summed E-state index contributed by atoms with van der Waals surface area (Å²) >= 11 is 0. The fourth-order valence-corrected chi connectivity index (χ4v) is 2.54. The van der Waals surface area contributed by atoms with Crippen molar-refractivity contribution in [3.63, 3.8) is 0 Å². The third-order valence-electron chi connectivity index (χ3n) is 3.63. The van der Waals surface area contributed by atoms with E-state index < -0.39 is 0 Å². The maximum absolute atomic E-state index is 5.70. The lowest BCUT2D eigenvalue weighted by Gasteiger charge is -2.06. The predicted octanol–water partition coefficient (Wildman–Crippen LogP) is 3.26. The monoisotopic (exact) mass is 320 g/mol. The van der Waals surface area contributed by atoms with Crippen LogP contribution < -0.4 is 9.47 Å². The maximum atomic E-state index is 5.70. The van der Waals surface area contributed by atoms with Crippen LogP contribution in [0.1, 0.15) is 12.5 Å². The Morgan fingerprint density at radius 3 is 2.54 bits per heavy atom. The first-order valence-corrected chi connectivity index (χ1v) is 7.80. The molecule has 6 nitrogen and oxygen atoms in total. The van der Waals surface area contributed by atoms with Gasteiger partial charge in [0.1, 0.15) is 6.61 Å². The van der Waals surface area contributed by atoms with Gasteiger partial charge in [0.05, 0.1) is 17.5 Å². The Kier molecular flexibility index (Phi) is 3.70. The van der Waals surface area contributed by atoms with Gasteiger partial charge in [-0.3, -0.25) is 0 Å². The highest BCUT2D eigenvalue weighted by atomic mass is 16.5. The summed E-state index contributed by atoms with van der Waals surface area (Å²) in [5, 5.41) is 5.32. The van der Waals surface area contributed by atoms with Gasteiger partial charge in [0.15, 0.2) is 0 Å². The van der Waals surface area contributed by atoms with Crippen LogP contribution >= 0.6 is 0 Å². The van der Waals surface area contributed by atoms with Crippen LogP contribution in [0.2, 0.25) is 0 Å². The molecule has 0 bridgehead atoms. The van der Waals surface area contributed by atoms with Crippen LogP contribution in [-0.4, -0.2) is 26.2 Å². The van der Waals surface area contributed by atoms with Crippen molar-refractivity contribution < 1.29 is 9.47 Å². The fraction of sp³-hybridized carbons (Fsp3) is 0.167. The number of hydrogen-bond donors (Lipinski definition) is 0. The molecule has 4 aromatic rings. The van der Waals surface area contributed by atoms with Crippen LogP contribution in [-0.2, 0) is 6.61 Å². The summed E-state index contributed by atoms with van der Waals surface area (Å²) in [4.78, 5) is 8.82. The summed E-state index contributed by atoms with van der Waals surface area (Å²) < 4.78 is 13.0. The van der Waals surface area contributed by atoms with Gasteiger partial charge in [0, 0.05) is 0 Å². The Bertz CT molecular complexity index is 982. The molecule has 0 N–H and O–H groups in total. The first-order valence-electron chi connectivity index (χ1n) is 7.80. The van der Waals surface area contributed by atoms with E-state index in [1.165, 1.54) is 0 Å². The van der Waals surface area contributed by atoms with E-state index >= 15 is 0 Å². The summed E-state index contributed by atoms with van der Waals surface area (Å²) in [6, 6.07) is 18.0. The lowest BCUT2D eigenvalue weighted by molar-refractivity contribution is 0.281. The Hall–Kier alpha value is -3.15. The molecule has 0 aliphatic rings. The van der Waals surface area contributed by atoms with Crippen LogP contribution in [0.4, 0.5) is 0 Å². The molecule has 0 spiro atoms. The molecule has 0 saturated heterocycles. The molecule has 0 fully saturated rings. The van der Waals surface area contributed by atoms with E-state index in [-0.39, 0.29) is 0 Å². The van der Waals surface area contributed by atoms with Gasteiger partial charge in [-0.25, -0.2) is 0 Å². The van der Waals surface area contributed by atoms with Crippen LogP contribution in [0, 0.1) is 0 Å². The summed E-state index contributed by atoms with van der Waals surface area (Å²) in [5.41, 5.74) is 1.94. The molecular formula is C18H16N4O2. The van der Waals surface area contributed by atoms with Gasteiger partial charge >= 0.3 is 6.01 Å². The molecule has 0 aliphatic carbocycles. The van der Waals surface area contributed by atoms with E-state index in [9.17, 15) is 0 Å². The molecule has 0 aliphatic heterocycles. The second-order valence-corrected chi connectivity index (χ2v) is 5.25. The van der Waals surface area contributed by atoms with E-state index in [1.54, 1.807) is 4.52 Å². The first kappa shape index (κ1) is 14.4. The minimum atomic E-state index is 0.296. The number of rotatable bonds is 5. The van der Waals surface area contributed by atoms with Gasteiger partial charge in [0.25, 0.3) is 5.78 Å². The molecule has 6 heteroatoms. The SMILES string of the molecule is CCOc1nc2nc(OCc3ccccc3)nn2c2ccccc12. The average molecular weight is 320 g/mol. The third-order valence-corrected chi connectivity index (χ3v) is 3.63. The molecule has 2 aromatic heterocycles. The van der Waals surface area contributed by atoms with Gasteiger partial charge in [0.2, 0.25) is 5.88 Å². The van der Waals surface area contributed by atoms with Crippen molar-refractivity contribution in [3.8, 4) is 11.9 Å². The van der Waals surface area contributed by atoms with Gasteiger partial charge < -0.3 is 9.47 Å². The fourth-order valence-electron chi connectivity index (χ4n) is 2.54. The number of ether oxygens (including phenoxy) is 2. The number of para-hydroxylation sites is 1. The summed E-state index contributed by atoms with van der Waals surface area (Å²) in [7, 11) is 0. The number of hydrogen-bond acceptors (Lipinski definition) is 5. The van der Waals surface area contributed by atoms with E-state index in [1.807, 2.05) is 61.5 Å². The quantitative estimate of drug-likeness (QED) is 0.565. The standard InChI is InChI=1S/C18H16N4O2/c1-2-23-16-14-10-6-7-11-15(14)22-17(19-16)20-18(21-22)24-12-13-8-4-3-5-9-13/h3-11H,2,12H2,1H3. The largest absolute Gasteiger partial charge is 0.477 e. The molecule has 24 heavy (non-hydrogen) atoms. The summed E-state index contributed by atoms with van der Waals surface area (Å²) in [5.74, 6) is 1.02. The second-order valence-electron chi connectivity index (χ2n) is 5.25. The van der Waals surface area contributed by atoms with Gasteiger partial charge in [-0.05, 0) is 24.6 Å². The highest BCUT2D eigenvalue weighted by Crippen LogP contribution is 2.25. The molecule has 120 valence electrons. The molecule has 0 atom stereocenters. The average Bonchev–Trinajstić information content (AvgIpc) is 3.04. The van der Waals surface area contributed by atoms with Gasteiger partial charge in [-0.1, -0.05) is 42.5 Å². The van der Waals surface area contributed by atoms with Crippen LogP contribution in [0.25, 0.3) is 16.7 Å². The van der Waals surface area contributed by atoms with Crippen molar-refractivity contribution in [2.24, 2.45) is 0 Å². The third kappa shape index (κ3) is 2.62. The van der Waals surface area contributed by atoms with Gasteiger partial charge in [-0.2, -0.15) is 14.5 Å². The Morgan fingerprint density at radius 2 is 1.71 bits per heavy atom. The maximum Gasteiger partial charge on any atom is 0.338 e. The molecule has 4 rings (SSSR count). The normalized spacial score (nSPS) is 11.0. The molecule has 2 aromatic carbocycles. The van der Waals surface area contributed by atoms with Crippen LogP contribution in [0.5, 0.6) is 11.9 Å². The lowest BCUT2D eigenvalue weighted by Crippen LogP contribution is -2.00. The van der Waals surface area contributed by atoms with Crippen molar-refractivity contribution in [2.45, 2.75) is 13.5 Å². The molecule has 0 unspecified atom stereocenters. The predicted molar refractivity (Wildman–Crippen MR) is 90.2 cm³/mol. The van der Waals surface area contributed by atoms with Crippen molar-refractivity contribution in [2.75, 3.05) is 6.61 Å². The number of fused-ring (bicyclic) bond motifs is 3. The Balaban J connectivity index is 1.73. The first-order chi connectivity index (χ1) is 11.8. The molecular weight excluding hydrogens is 304 g/mol. The number of aromatic nitrogens is 4. The van der Waals surface area contributed by atoms with E-state index in [0.717, 1.165) is 16.5 Å². The van der Waals surface area contributed by atoms with Crippen molar-refractivity contribution >= 4 is 16.7 Å². The lowest BCUT2D eigenvalue weighted by atomic mass is 10.2. The number of benzene rings is 2. The van der Waals surface area contributed by atoms with Crippen LogP contribution in [0.3, 0.4) is 0 Å². The highest BCUT2D eigenvalue weighted by Gasteiger charge is 2.13. The molecule has 0 radical (unpaired) electrons. The minimum absolute atomic E-state index is 0.296.